The molecule has 0 radical (unpaired) electrons. The van der Waals surface area contributed by atoms with E-state index in [0.29, 0.717) is 23.7 Å². The number of hydrogen-bond acceptors (Lipinski definition) is 6. The molecular formula is C27H42O6. The van der Waals surface area contributed by atoms with Gasteiger partial charge < -0.3 is 14.2 Å². The highest BCUT2D eigenvalue weighted by Crippen LogP contribution is 2.69. The van der Waals surface area contributed by atoms with Crippen molar-refractivity contribution in [3.05, 3.63) is 0 Å². The molecule has 0 unspecified atom stereocenters. The smallest absolute Gasteiger partial charge is 0.303 e. The van der Waals surface area contributed by atoms with Crippen LogP contribution >= 0.6 is 0 Å². The van der Waals surface area contributed by atoms with Gasteiger partial charge in [-0.15, -0.1) is 0 Å². The second kappa shape index (κ2) is 8.57. The zero-order valence-electron chi connectivity index (χ0n) is 21.3. The highest BCUT2D eigenvalue weighted by Gasteiger charge is 2.68. The van der Waals surface area contributed by atoms with Gasteiger partial charge in [0.15, 0.2) is 5.60 Å². The maximum absolute atomic E-state index is 12.2. The lowest BCUT2D eigenvalue weighted by Crippen LogP contribution is -2.61. The van der Waals surface area contributed by atoms with Crippen molar-refractivity contribution in [2.24, 2.45) is 34.5 Å². The summed E-state index contributed by atoms with van der Waals surface area (Å²) >= 11 is 0. The number of ether oxygens (including phenoxy) is 3. The van der Waals surface area contributed by atoms with E-state index in [9.17, 15) is 14.4 Å². The molecule has 4 aliphatic carbocycles. The van der Waals surface area contributed by atoms with Gasteiger partial charge in [0, 0.05) is 26.2 Å². The Morgan fingerprint density at radius 1 is 0.818 bits per heavy atom. The van der Waals surface area contributed by atoms with Crippen LogP contribution in [0.3, 0.4) is 0 Å². The van der Waals surface area contributed by atoms with Crippen LogP contribution in [0.15, 0.2) is 0 Å². The molecule has 33 heavy (non-hydrogen) atoms. The standard InChI is InChI=1S/C27H42O6/c1-16(31-17(2)28)27(33-19(4)30)14-11-24-22-8-7-20-15-21(32-18(3)29)9-12-25(20,5)23(22)10-13-26(24,27)6/h16,20-24H,7-15H2,1-6H3/t16-,20+,21-,22-,23-,24-,25+,26-,27+/m1/s1. The summed E-state index contributed by atoms with van der Waals surface area (Å²) < 4.78 is 17.4. The first-order valence-corrected chi connectivity index (χ1v) is 13.0. The number of rotatable bonds is 4. The van der Waals surface area contributed by atoms with Crippen LogP contribution in [0.5, 0.6) is 0 Å². The fraction of sp³-hybridized carbons (Fsp3) is 0.889. The highest BCUT2D eigenvalue weighted by atomic mass is 16.6. The van der Waals surface area contributed by atoms with Crippen molar-refractivity contribution in [1.82, 2.24) is 0 Å². The predicted octanol–water partition coefficient (Wildman–Crippen LogP) is 5.21. The minimum Gasteiger partial charge on any atom is -0.463 e. The molecule has 6 nitrogen and oxygen atoms in total. The molecule has 6 heteroatoms. The number of carbonyl (C=O) groups excluding carboxylic acids is 3. The van der Waals surface area contributed by atoms with Crippen LogP contribution in [0.2, 0.25) is 0 Å². The second-order valence-electron chi connectivity index (χ2n) is 11.9. The Morgan fingerprint density at radius 3 is 2.15 bits per heavy atom. The van der Waals surface area contributed by atoms with Crippen molar-refractivity contribution < 1.29 is 28.6 Å². The van der Waals surface area contributed by atoms with E-state index in [-0.39, 0.29) is 34.8 Å². The SMILES string of the molecule is CC(=O)O[C@@H]1CC[C@@]2(C)[C@@H](CC[C@@H]3[C@H]2CC[C@]2(C)[C@@H]3CC[C@]2(OC(C)=O)[C@@H](C)OC(C)=O)C1. The Kier molecular flexibility index (Phi) is 6.37. The molecule has 4 saturated carbocycles. The first-order chi connectivity index (χ1) is 15.4. The van der Waals surface area contributed by atoms with Crippen molar-refractivity contribution in [2.75, 3.05) is 0 Å². The van der Waals surface area contributed by atoms with E-state index in [4.69, 9.17) is 14.2 Å². The molecule has 4 rings (SSSR count). The van der Waals surface area contributed by atoms with Crippen LogP contribution in [-0.4, -0.2) is 35.7 Å². The normalized spacial score (nSPS) is 45.1. The lowest BCUT2D eigenvalue weighted by molar-refractivity contribution is -0.219. The Hall–Kier alpha value is -1.59. The molecule has 0 aromatic heterocycles. The van der Waals surface area contributed by atoms with Gasteiger partial charge in [0.1, 0.15) is 12.2 Å². The van der Waals surface area contributed by atoms with Gasteiger partial charge in [-0.2, -0.15) is 0 Å². The van der Waals surface area contributed by atoms with Crippen LogP contribution < -0.4 is 0 Å². The summed E-state index contributed by atoms with van der Waals surface area (Å²) in [6.07, 6.45) is 8.85. The first-order valence-electron chi connectivity index (χ1n) is 13.0. The largest absolute Gasteiger partial charge is 0.463 e. The molecule has 0 saturated heterocycles. The van der Waals surface area contributed by atoms with Gasteiger partial charge in [-0.1, -0.05) is 13.8 Å². The highest BCUT2D eigenvalue weighted by molar-refractivity contribution is 5.68. The van der Waals surface area contributed by atoms with Crippen molar-refractivity contribution >= 4 is 17.9 Å². The lowest BCUT2D eigenvalue weighted by Gasteiger charge is -2.62. The summed E-state index contributed by atoms with van der Waals surface area (Å²) in [5.41, 5.74) is -0.688. The van der Waals surface area contributed by atoms with Gasteiger partial charge in [-0.05, 0) is 93.8 Å². The minimum atomic E-state index is -0.759. The molecule has 0 aliphatic heterocycles. The molecule has 0 N–H and O–H groups in total. The van der Waals surface area contributed by atoms with Crippen molar-refractivity contribution in [2.45, 2.75) is 117 Å². The van der Waals surface area contributed by atoms with Gasteiger partial charge in [-0.3, -0.25) is 14.4 Å². The first kappa shape index (κ1) is 24.5. The summed E-state index contributed by atoms with van der Waals surface area (Å²) in [5.74, 6) is 1.51. The van der Waals surface area contributed by atoms with Crippen LogP contribution in [0.1, 0.15) is 99.3 Å². The van der Waals surface area contributed by atoms with Crippen molar-refractivity contribution in [3.63, 3.8) is 0 Å². The molecule has 0 bridgehead atoms. The van der Waals surface area contributed by atoms with Gasteiger partial charge in [-0.25, -0.2) is 0 Å². The molecule has 186 valence electrons. The van der Waals surface area contributed by atoms with E-state index in [2.05, 4.69) is 13.8 Å². The van der Waals surface area contributed by atoms with Crippen molar-refractivity contribution in [3.8, 4) is 0 Å². The Labute approximate surface area is 198 Å². The average Bonchev–Trinajstić information content (AvgIpc) is 3.00. The number of carbonyl (C=O) groups is 3. The van der Waals surface area contributed by atoms with E-state index < -0.39 is 11.7 Å². The minimum absolute atomic E-state index is 0.0682. The molecule has 0 spiro atoms. The summed E-state index contributed by atoms with van der Waals surface area (Å²) in [4.78, 5) is 35.6. The lowest BCUT2D eigenvalue weighted by atomic mass is 9.44. The van der Waals surface area contributed by atoms with Gasteiger partial charge >= 0.3 is 17.9 Å². The van der Waals surface area contributed by atoms with E-state index in [1.807, 2.05) is 6.92 Å². The fourth-order valence-corrected chi connectivity index (χ4v) is 9.11. The Bertz CT molecular complexity index is 808. The number of esters is 3. The molecule has 0 aromatic carbocycles. The quantitative estimate of drug-likeness (QED) is 0.421. The third kappa shape index (κ3) is 3.89. The Balaban J connectivity index is 1.59. The molecular weight excluding hydrogens is 420 g/mol. The summed E-state index contributed by atoms with van der Waals surface area (Å²) in [5, 5.41) is 0. The molecule has 0 aromatic rings. The van der Waals surface area contributed by atoms with Crippen molar-refractivity contribution in [1.29, 1.82) is 0 Å². The van der Waals surface area contributed by atoms with E-state index in [1.54, 1.807) is 0 Å². The monoisotopic (exact) mass is 462 g/mol. The van der Waals surface area contributed by atoms with Gasteiger partial charge in [0.2, 0.25) is 0 Å². The predicted molar refractivity (Wildman–Crippen MR) is 123 cm³/mol. The summed E-state index contributed by atoms with van der Waals surface area (Å²) in [7, 11) is 0. The van der Waals surface area contributed by atoms with E-state index in [1.165, 1.54) is 33.6 Å². The van der Waals surface area contributed by atoms with Gasteiger partial charge in [0.05, 0.1) is 0 Å². The van der Waals surface area contributed by atoms with Crippen LogP contribution in [0.25, 0.3) is 0 Å². The zero-order chi connectivity index (χ0) is 24.2. The maximum Gasteiger partial charge on any atom is 0.303 e. The van der Waals surface area contributed by atoms with E-state index in [0.717, 1.165) is 44.9 Å². The zero-order valence-corrected chi connectivity index (χ0v) is 21.3. The van der Waals surface area contributed by atoms with Crippen LogP contribution in [-0.2, 0) is 28.6 Å². The maximum atomic E-state index is 12.2. The summed E-state index contributed by atoms with van der Waals surface area (Å²) in [6.45, 7) is 11.1. The van der Waals surface area contributed by atoms with E-state index >= 15 is 0 Å². The topological polar surface area (TPSA) is 78.9 Å². The number of fused-ring (bicyclic) bond motifs is 5. The Morgan fingerprint density at radius 2 is 1.52 bits per heavy atom. The molecule has 9 atom stereocenters. The third-order valence-corrected chi connectivity index (χ3v) is 10.5. The van der Waals surface area contributed by atoms with Gasteiger partial charge in [0.25, 0.3) is 0 Å². The molecule has 4 fully saturated rings. The fourth-order valence-electron chi connectivity index (χ4n) is 9.11. The average molecular weight is 463 g/mol. The molecule has 0 heterocycles. The molecule has 0 amide bonds. The van der Waals surface area contributed by atoms with Crippen LogP contribution in [0.4, 0.5) is 0 Å². The number of hydrogen-bond donors (Lipinski definition) is 0. The van der Waals surface area contributed by atoms with Crippen LogP contribution in [0, 0.1) is 34.5 Å². The second-order valence-corrected chi connectivity index (χ2v) is 11.9. The molecule has 4 aliphatic rings. The third-order valence-electron chi connectivity index (χ3n) is 10.5. The summed E-state index contributed by atoms with van der Waals surface area (Å²) in [6, 6.07) is 0.